The van der Waals surface area contributed by atoms with Crippen molar-refractivity contribution >= 4 is 28.3 Å². The molecule has 0 unspecified atom stereocenters. The number of carbonyl (C=O) groups excluding carboxylic acids is 1. The largest absolute Gasteiger partial charge is 0.355 e. The summed E-state index contributed by atoms with van der Waals surface area (Å²) >= 11 is 0. The van der Waals surface area contributed by atoms with Crippen molar-refractivity contribution in [3.8, 4) is 6.07 Å². The molecule has 2 aliphatic heterocycles. The van der Waals surface area contributed by atoms with E-state index in [2.05, 4.69) is 21.2 Å². The maximum absolute atomic E-state index is 13.7. The summed E-state index contributed by atoms with van der Waals surface area (Å²) in [6.45, 7) is 4.29. The van der Waals surface area contributed by atoms with Crippen LogP contribution in [0.25, 0.3) is 16.6 Å². The fourth-order valence-electron chi connectivity index (χ4n) is 5.35. The first-order chi connectivity index (χ1) is 16.6. The standard InChI is InChI=1S/C25H26N8O/c1-16-14-33-23(28-24(16)31-10-8-17(12-26)15-31)11-21(30-33)22-7-2-3-9-32(22)25(34)18-5-4-6-20-19(18)13-27-29-20/h4-6,11,13-14,17,22H,2-3,7-10,15H2,1H3,(H,27,29)/t17-,22+/m1/s1. The number of aromatic nitrogens is 5. The Morgan fingerprint density at radius 3 is 3.00 bits per heavy atom. The molecule has 3 aromatic heterocycles. The molecule has 1 N–H and O–H groups in total. The third-order valence-electron chi connectivity index (χ3n) is 7.11. The topological polar surface area (TPSA) is 106 Å². The number of nitrogens with zero attached hydrogens (tertiary/aromatic N) is 7. The second-order valence-corrected chi connectivity index (χ2v) is 9.31. The lowest BCUT2D eigenvalue weighted by Crippen LogP contribution is -2.38. The number of aromatic amines is 1. The van der Waals surface area contributed by atoms with E-state index in [4.69, 9.17) is 10.1 Å². The molecule has 6 rings (SSSR count). The zero-order chi connectivity index (χ0) is 23.2. The molecule has 2 aliphatic rings. The Kier molecular flexibility index (Phi) is 4.94. The van der Waals surface area contributed by atoms with Crippen molar-refractivity contribution in [2.75, 3.05) is 24.5 Å². The van der Waals surface area contributed by atoms with Crippen molar-refractivity contribution in [1.82, 2.24) is 29.7 Å². The minimum atomic E-state index is -0.0939. The average molecular weight is 455 g/mol. The number of carbonyl (C=O) groups is 1. The Hall–Kier alpha value is -3.93. The summed E-state index contributed by atoms with van der Waals surface area (Å²) in [4.78, 5) is 22.7. The molecule has 34 heavy (non-hydrogen) atoms. The van der Waals surface area contributed by atoms with Gasteiger partial charge in [0.1, 0.15) is 5.82 Å². The summed E-state index contributed by atoms with van der Waals surface area (Å²) in [6, 6.07) is 9.95. The molecular weight excluding hydrogens is 428 g/mol. The van der Waals surface area contributed by atoms with E-state index in [0.29, 0.717) is 18.7 Å². The summed E-state index contributed by atoms with van der Waals surface area (Å²) in [5.41, 5.74) is 4.13. The summed E-state index contributed by atoms with van der Waals surface area (Å²) in [7, 11) is 0. The fourth-order valence-corrected chi connectivity index (χ4v) is 5.35. The number of hydrogen-bond donors (Lipinski definition) is 1. The van der Waals surface area contributed by atoms with Gasteiger partial charge in [0, 0.05) is 49.0 Å². The molecule has 2 fully saturated rings. The molecule has 9 heteroatoms. The van der Waals surface area contributed by atoms with Gasteiger partial charge in [0.15, 0.2) is 5.65 Å². The highest BCUT2D eigenvalue weighted by Crippen LogP contribution is 2.34. The molecule has 0 radical (unpaired) electrons. The molecule has 0 aliphatic carbocycles. The van der Waals surface area contributed by atoms with Crippen LogP contribution in [-0.4, -0.2) is 55.2 Å². The van der Waals surface area contributed by atoms with E-state index in [-0.39, 0.29) is 17.9 Å². The lowest BCUT2D eigenvalue weighted by molar-refractivity contribution is 0.0608. The number of likely N-dealkylation sites (tertiary alicyclic amines) is 1. The highest BCUT2D eigenvalue weighted by Gasteiger charge is 2.32. The highest BCUT2D eigenvalue weighted by molar-refractivity contribution is 6.06. The first kappa shape index (κ1) is 20.7. The van der Waals surface area contributed by atoms with Crippen LogP contribution in [0.15, 0.2) is 36.7 Å². The van der Waals surface area contributed by atoms with Gasteiger partial charge >= 0.3 is 0 Å². The predicted molar refractivity (Wildman–Crippen MR) is 127 cm³/mol. The zero-order valence-electron chi connectivity index (χ0n) is 19.1. The average Bonchev–Trinajstić information content (AvgIpc) is 3.61. The van der Waals surface area contributed by atoms with Crippen molar-refractivity contribution in [3.63, 3.8) is 0 Å². The van der Waals surface area contributed by atoms with Crippen LogP contribution in [0.5, 0.6) is 0 Å². The molecule has 0 bridgehead atoms. The number of piperidine rings is 1. The van der Waals surface area contributed by atoms with Crippen LogP contribution < -0.4 is 4.90 Å². The Morgan fingerprint density at radius 2 is 2.15 bits per heavy atom. The van der Waals surface area contributed by atoms with Crippen molar-refractivity contribution in [3.05, 3.63) is 53.5 Å². The van der Waals surface area contributed by atoms with Gasteiger partial charge in [0.2, 0.25) is 0 Å². The van der Waals surface area contributed by atoms with Crippen LogP contribution in [0, 0.1) is 24.2 Å². The van der Waals surface area contributed by atoms with Gasteiger partial charge in [-0.05, 0) is 44.7 Å². The Morgan fingerprint density at radius 1 is 1.24 bits per heavy atom. The normalized spacial score (nSPS) is 20.8. The maximum Gasteiger partial charge on any atom is 0.255 e. The number of nitriles is 1. The Labute approximate surface area is 197 Å². The molecule has 0 spiro atoms. The van der Waals surface area contributed by atoms with Crippen LogP contribution in [-0.2, 0) is 0 Å². The molecule has 2 saturated heterocycles. The van der Waals surface area contributed by atoms with E-state index in [1.807, 2.05) is 46.8 Å². The first-order valence-electron chi connectivity index (χ1n) is 11.9. The molecular formula is C25H26N8O. The van der Waals surface area contributed by atoms with Crippen molar-refractivity contribution < 1.29 is 4.79 Å². The SMILES string of the molecule is Cc1cn2nc([C@@H]3CCCCN3C(=O)c3cccc4n[nH]cc34)cc2nc1N1CC[C@H](C#N)C1. The highest BCUT2D eigenvalue weighted by atomic mass is 16.2. The number of benzene rings is 1. The fraction of sp³-hybridized carbons (Fsp3) is 0.400. The Bertz CT molecular complexity index is 1430. The number of anilines is 1. The molecule has 9 nitrogen and oxygen atoms in total. The number of amides is 1. The lowest BCUT2D eigenvalue weighted by atomic mass is 9.97. The van der Waals surface area contributed by atoms with Gasteiger partial charge in [-0.1, -0.05) is 6.07 Å². The molecule has 1 amide bonds. The number of hydrogen-bond acceptors (Lipinski definition) is 6. The maximum atomic E-state index is 13.7. The minimum Gasteiger partial charge on any atom is -0.355 e. The van der Waals surface area contributed by atoms with Crippen LogP contribution in [0.2, 0.25) is 0 Å². The van der Waals surface area contributed by atoms with Crippen LogP contribution in [0.3, 0.4) is 0 Å². The van der Waals surface area contributed by atoms with E-state index < -0.39 is 0 Å². The van der Waals surface area contributed by atoms with Crippen molar-refractivity contribution in [2.24, 2.45) is 5.92 Å². The van der Waals surface area contributed by atoms with Gasteiger partial charge in [-0.3, -0.25) is 9.89 Å². The van der Waals surface area contributed by atoms with E-state index in [9.17, 15) is 10.1 Å². The minimum absolute atomic E-state index is 0.0122. The van der Waals surface area contributed by atoms with Crippen LogP contribution in [0.1, 0.15) is 53.3 Å². The summed E-state index contributed by atoms with van der Waals surface area (Å²) in [5.74, 6) is 0.984. The van der Waals surface area contributed by atoms with Crippen molar-refractivity contribution in [1.29, 1.82) is 5.26 Å². The smallest absolute Gasteiger partial charge is 0.255 e. The Balaban J connectivity index is 1.34. The molecule has 4 aromatic rings. The molecule has 5 heterocycles. The third kappa shape index (κ3) is 3.37. The molecule has 0 saturated carbocycles. The summed E-state index contributed by atoms with van der Waals surface area (Å²) < 4.78 is 1.82. The molecule has 1 aromatic carbocycles. The number of aryl methyl sites for hydroxylation is 1. The van der Waals surface area contributed by atoms with Gasteiger partial charge < -0.3 is 9.80 Å². The van der Waals surface area contributed by atoms with E-state index in [0.717, 1.165) is 65.9 Å². The number of H-pyrrole nitrogens is 1. The number of rotatable bonds is 3. The predicted octanol–water partition coefficient (Wildman–Crippen LogP) is 3.63. The van der Waals surface area contributed by atoms with Gasteiger partial charge in [0.25, 0.3) is 5.91 Å². The quantitative estimate of drug-likeness (QED) is 0.507. The van der Waals surface area contributed by atoms with Crippen LogP contribution >= 0.6 is 0 Å². The lowest BCUT2D eigenvalue weighted by Gasteiger charge is -2.35. The molecule has 172 valence electrons. The zero-order valence-corrected chi connectivity index (χ0v) is 19.1. The third-order valence-corrected chi connectivity index (χ3v) is 7.11. The second-order valence-electron chi connectivity index (χ2n) is 9.31. The second kappa shape index (κ2) is 8.13. The number of fused-ring (bicyclic) bond motifs is 2. The van der Waals surface area contributed by atoms with Crippen molar-refractivity contribution in [2.45, 2.75) is 38.6 Å². The van der Waals surface area contributed by atoms with Gasteiger partial charge in [-0.15, -0.1) is 0 Å². The first-order valence-corrected chi connectivity index (χ1v) is 11.9. The summed E-state index contributed by atoms with van der Waals surface area (Å²) in [6.07, 6.45) is 7.57. The number of nitrogens with one attached hydrogen (secondary N) is 1. The van der Waals surface area contributed by atoms with Gasteiger partial charge in [-0.2, -0.15) is 15.5 Å². The molecule has 2 atom stereocenters. The van der Waals surface area contributed by atoms with E-state index in [1.54, 1.807) is 6.20 Å². The van der Waals surface area contributed by atoms with Gasteiger partial charge in [-0.25, -0.2) is 9.50 Å². The van der Waals surface area contributed by atoms with Gasteiger partial charge in [0.05, 0.1) is 34.8 Å². The summed E-state index contributed by atoms with van der Waals surface area (Å²) in [5, 5.41) is 22.1. The van der Waals surface area contributed by atoms with E-state index >= 15 is 0 Å². The monoisotopic (exact) mass is 454 g/mol. The van der Waals surface area contributed by atoms with E-state index in [1.165, 1.54) is 0 Å². The van der Waals surface area contributed by atoms with Crippen LogP contribution in [0.4, 0.5) is 5.82 Å².